The highest BCUT2D eigenvalue weighted by molar-refractivity contribution is 5.84. The smallest absolute Gasteiger partial charge is 0.254 e. The van der Waals surface area contributed by atoms with Gasteiger partial charge in [0.15, 0.2) is 0 Å². The number of carbonyl (C=O) groups is 1. The van der Waals surface area contributed by atoms with Crippen LogP contribution in [0.5, 0.6) is 0 Å². The topological polar surface area (TPSA) is 43.8 Å². The van der Waals surface area contributed by atoms with Gasteiger partial charge >= 0.3 is 0 Å². The van der Waals surface area contributed by atoms with Crippen LogP contribution in [0.2, 0.25) is 0 Å². The zero-order chi connectivity index (χ0) is 11.8. The van der Waals surface area contributed by atoms with E-state index in [0.29, 0.717) is 6.04 Å². The quantitative estimate of drug-likeness (QED) is 0.743. The minimum Gasteiger partial charge on any atom is -0.381 e. The first-order valence-corrected chi connectivity index (χ1v) is 6.24. The predicted octanol–water partition coefficient (Wildman–Crippen LogP) is 0.454. The molecule has 0 saturated carbocycles. The van der Waals surface area contributed by atoms with Crippen LogP contribution in [0.25, 0.3) is 0 Å². The highest BCUT2D eigenvalue weighted by Crippen LogP contribution is 2.22. The van der Waals surface area contributed by atoms with Gasteiger partial charge in [0.25, 0.3) is 5.91 Å². The van der Waals surface area contributed by atoms with Crippen LogP contribution in [0.3, 0.4) is 0 Å². The third-order valence-electron chi connectivity index (χ3n) is 3.63. The molecule has 2 aliphatic rings. The summed E-state index contributed by atoms with van der Waals surface area (Å²) in [6.07, 6.45) is 3.63. The van der Waals surface area contributed by atoms with Crippen molar-refractivity contribution in [1.29, 1.82) is 0 Å². The Morgan fingerprint density at radius 2 is 1.88 bits per heavy atom. The van der Waals surface area contributed by atoms with Gasteiger partial charge in [-0.1, -0.05) is 0 Å². The number of carbonyl (C=O) groups excluding carboxylic acids is 1. The fourth-order valence-electron chi connectivity index (χ4n) is 2.72. The summed E-state index contributed by atoms with van der Waals surface area (Å²) in [6.45, 7) is 7.08. The van der Waals surface area contributed by atoms with Gasteiger partial charge in [-0.3, -0.25) is 9.69 Å². The third-order valence-corrected chi connectivity index (χ3v) is 3.63. The molecule has 0 aromatic heterocycles. The second-order valence-electron chi connectivity index (χ2n) is 5.50. The van der Waals surface area contributed by atoms with Crippen LogP contribution in [-0.2, 0) is 4.79 Å². The van der Waals surface area contributed by atoms with Crippen molar-refractivity contribution in [2.45, 2.75) is 44.8 Å². The average molecular weight is 226 g/mol. The maximum Gasteiger partial charge on any atom is 0.254 e. The van der Waals surface area contributed by atoms with Crippen LogP contribution in [0.1, 0.15) is 33.1 Å². The molecule has 4 nitrogen and oxygen atoms in total. The van der Waals surface area contributed by atoms with Crippen molar-refractivity contribution in [3.8, 4) is 0 Å². The van der Waals surface area contributed by atoms with Gasteiger partial charge in [0.2, 0.25) is 0 Å². The molecule has 0 aromatic rings. The summed E-state index contributed by atoms with van der Waals surface area (Å²) in [5.74, 6) is -0.130. The van der Waals surface area contributed by atoms with E-state index in [2.05, 4.69) is 4.90 Å². The Hall–Kier alpha value is -0.610. The molecule has 92 valence electrons. The van der Waals surface area contributed by atoms with E-state index in [1.807, 2.05) is 4.90 Å². The number of hydrogen-bond acceptors (Lipinski definition) is 3. The van der Waals surface area contributed by atoms with Crippen molar-refractivity contribution in [2.75, 3.05) is 26.2 Å². The molecule has 2 fully saturated rings. The number of rotatable bonds is 2. The largest absolute Gasteiger partial charge is 0.381 e. The number of likely N-dealkylation sites (tertiary alicyclic amines) is 2. The van der Waals surface area contributed by atoms with Crippen LogP contribution < -0.4 is 0 Å². The van der Waals surface area contributed by atoms with Crippen LogP contribution >= 0.6 is 0 Å². The fourth-order valence-corrected chi connectivity index (χ4v) is 2.72. The van der Waals surface area contributed by atoms with Crippen molar-refractivity contribution in [2.24, 2.45) is 0 Å². The van der Waals surface area contributed by atoms with E-state index >= 15 is 0 Å². The van der Waals surface area contributed by atoms with E-state index in [9.17, 15) is 9.90 Å². The van der Waals surface area contributed by atoms with Gasteiger partial charge in [-0.05, 0) is 46.2 Å². The van der Waals surface area contributed by atoms with Gasteiger partial charge in [0, 0.05) is 19.1 Å². The molecule has 4 heteroatoms. The molecule has 0 radical (unpaired) electrons. The minimum absolute atomic E-state index is 0.130. The van der Waals surface area contributed by atoms with E-state index in [1.54, 1.807) is 13.8 Å². The first kappa shape index (κ1) is 11.9. The molecule has 1 atom stereocenters. The van der Waals surface area contributed by atoms with Gasteiger partial charge in [0.05, 0.1) is 0 Å². The standard InChI is InChI=1S/C12H22N2O2/c1-12(2,16)11(15)14-8-5-10(9-14)13-6-3-4-7-13/h10,16H,3-9H2,1-2H3. The number of amides is 1. The maximum absolute atomic E-state index is 11.9. The Balaban J connectivity index is 1.90. The highest BCUT2D eigenvalue weighted by Gasteiger charge is 2.36. The fraction of sp³-hybridized carbons (Fsp3) is 0.917. The van der Waals surface area contributed by atoms with Crippen molar-refractivity contribution in [1.82, 2.24) is 9.80 Å². The Morgan fingerprint density at radius 3 is 2.44 bits per heavy atom. The summed E-state index contributed by atoms with van der Waals surface area (Å²) in [5, 5.41) is 9.69. The van der Waals surface area contributed by atoms with E-state index in [0.717, 1.165) is 19.5 Å². The molecular formula is C12H22N2O2. The summed E-state index contributed by atoms with van der Waals surface area (Å²) < 4.78 is 0. The van der Waals surface area contributed by atoms with E-state index < -0.39 is 5.60 Å². The number of nitrogens with zero attached hydrogens (tertiary/aromatic N) is 2. The summed E-state index contributed by atoms with van der Waals surface area (Å²) >= 11 is 0. The third kappa shape index (κ3) is 2.38. The molecule has 1 N–H and O–H groups in total. The maximum atomic E-state index is 11.9. The molecule has 16 heavy (non-hydrogen) atoms. The van der Waals surface area contributed by atoms with Crippen molar-refractivity contribution in [3.05, 3.63) is 0 Å². The second-order valence-corrected chi connectivity index (χ2v) is 5.50. The Morgan fingerprint density at radius 1 is 1.25 bits per heavy atom. The lowest BCUT2D eigenvalue weighted by Gasteiger charge is -2.26. The zero-order valence-corrected chi connectivity index (χ0v) is 10.3. The SMILES string of the molecule is CC(C)(O)C(=O)N1CCC(N2CCCC2)C1. The first-order chi connectivity index (χ1) is 7.48. The molecule has 2 rings (SSSR count). The van der Waals surface area contributed by atoms with Crippen molar-refractivity contribution in [3.63, 3.8) is 0 Å². The average Bonchev–Trinajstić information content (AvgIpc) is 2.85. The Kier molecular flexibility index (Phi) is 3.22. The molecule has 2 saturated heterocycles. The lowest BCUT2D eigenvalue weighted by Crippen LogP contribution is -2.45. The van der Waals surface area contributed by atoms with Gasteiger partial charge in [-0.15, -0.1) is 0 Å². The number of aliphatic hydroxyl groups is 1. The predicted molar refractivity (Wildman–Crippen MR) is 62.1 cm³/mol. The normalized spacial score (nSPS) is 27.7. The molecule has 1 unspecified atom stereocenters. The summed E-state index contributed by atoms with van der Waals surface area (Å²) in [6, 6.07) is 0.522. The van der Waals surface area contributed by atoms with Crippen LogP contribution in [0, 0.1) is 0 Å². The van der Waals surface area contributed by atoms with Crippen LogP contribution in [0.15, 0.2) is 0 Å². The summed E-state index contributed by atoms with van der Waals surface area (Å²) in [5.41, 5.74) is -1.22. The second kappa shape index (κ2) is 4.34. The van der Waals surface area contributed by atoms with Gasteiger partial charge in [-0.2, -0.15) is 0 Å². The molecular weight excluding hydrogens is 204 g/mol. The van der Waals surface area contributed by atoms with E-state index in [4.69, 9.17) is 0 Å². The Labute approximate surface area is 97.2 Å². The monoisotopic (exact) mass is 226 g/mol. The lowest BCUT2D eigenvalue weighted by atomic mass is 10.1. The summed E-state index contributed by atoms with van der Waals surface area (Å²) in [7, 11) is 0. The molecule has 2 heterocycles. The Bertz CT molecular complexity index is 267. The van der Waals surface area contributed by atoms with Crippen LogP contribution in [-0.4, -0.2) is 58.6 Å². The lowest BCUT2D eigenvalue weighted by molar-refractivity contribution is -0.146. The summed E-state index contributed by atoms with van der Waals surface area (Å²) in [4.78, 5) is 16.2. The molecule has 0 aliphatic carbocycles. The highest BCUT2D eigenvalue weighted by atomic mass is 16.3. The minimum atomic E-state index is -1.22. The first-order valence-electron chi connectivity index (χ1n) is 6.24. The molecule has 0 bridgehead atoms. The van der Waals surface area contributed by atoms with E-state index in [-0.39, 0.29) is 5.91 Å². The molecule has 1 amide bonds. The van der Waals surface area contributed by atoms with Gasteiger partial charge < -0.3 is 10.0 Å². The molecule has 0 spiro atoms. The van der Waals surface area contributed by atoms with Crippen LogP contribution in [0.4, 0.5) is 0 Å². The zero-order valence-electron chi connectivity index (χ0n) is 10.3. The molecule has 2 aliphatic heterocycles. The molecule has 0 aromatic carbocycles. The van der Waals surface area contributed by atoms with Crippen molar-refractivity contribution < 1.29 is 9.90 Å². The van der Waals surface area contributed by atoms with Gasteiger partial charge in [-0.25, -0.2) is 0 Å². The van der Waals surface area contributed by atoms with E-state index in [1.165, 1.54) is 25.9 Å². The number of hydrogen-bond donors (Lipinski definition) is 1. The van der Waals surface area contributed by atoms with Gasteiger partial charge in [0.1, 0.15) is 5.60 Å². The van der Waals surface area contributed by atoms with Crippen molar-refractivity contribution >= 4 is 5.91 Å².